The number of carbonyl (C=O) groups excluding carboxylic acids is 1. The molecule has 0 fully saturated rings. The Kier molecular flexibility index (Phi) is 4.63. The first-order chi connectivity index (χ1) is 13.6. The summed E-state index contributed by atoms with van der Waals surface area (Å²) in [6, 6.07) is 11.9. The number of hydrogen-bond acceptors (Lipinski definition) is 3. The molecule has 0 radical (unpaired) electrons. The van der Waals surface area contributed by atoms with E-state index in [1.807, 2.05) is 0 Å². The van der Waals surface area contributed by atoms with E-state index in [0.717, 1.165) is 5.56 Å². The maximum absolute atomic E-state index is 14.4. The Labute approximate surface area is 158 Å². The van der Waals surface area contributed by atoms with Crippen LogP contribution in [0.4, 0.5) is 14.5 Å². The lowest BCUT2D eigenvalue weighted by Gasteiger charge is -2.07. The van der Waals surface area contributed by atoms with Crippen molar-refractivity contribution in [2.24, 2.45) is 0 Å². The Hall–Kier alpha value is -3.87. The van der Waals surface area contributed by atoms with Crippen molar-refractivity contribution >= 4 is 34.6 Å². The highest BCUT2D eigenvalue weighted by atomic mass is 19.1. The van der Waals surface area contributed by atoms with Gasteiger partial charge in [-0.2, -0.15) is 5.10 Å². The van der Waals surface area contributed by atoms with Gasteiger partial charge in [-0.1, -0.05) is 18.2 Å². The Balaban J connectivity index is 1.64. The normalized spacial score (nSPS) is 11.2. The fourth-order valence-electron chi connectivity index (χ4n) is 2.73. The van der Waals surface area contributed by atoms with Gasteiger partial charge >= 0.3 is 0 Å². The largest absolute Gasteiger partial charge is 0.319 e. The first-order valence-corrected chi connectivity index (χ1v) is 8.43. The number of hydrogen-bond donors (Lipinski definition) is 2. The van der Waals surface area contributed by atoms with Crippen LogP contribution in [0.1, 0.15) is 21.6 Å². The highest BCUT2D eigenvalue weighted by molar-refractivity contribution is 6.05. The van der Waals surface area contributed by atoms with Crippen LogP contribution in [0, 0.1) is 11.6 Å². The quantitative estimate of drug-likeness (QED) is 0.544. The second-order valence-corrected chi connectivity index (χ2v) is 6.06. The molecule has 0 bridgehead atoms. The Morgan fingerprint density at radius 2 is 1.75 bits per heavy atom. The van der Waals surface area contributed by atoms with E-state index in [2.05, 4.69) is 20.5 Å². The summed E-state index contributed by atoms with van der Waals surface area (Å²) < 4.78 is 27.4. The predicted molar refractivity (Wildman–Crippen MR) is 104 cm³/mol. The molecule has 0 saturated carbocycles. The molecule has 4 rings (SSSR count). The van der Waals surface area contributed by atoms with Gasteiger partial charge in [-0.25, -0.2) is 8.78 Å². The number of nitrogens with zero attached hydrogens (tertiary/aromatic N) is 2. The molecule has 1 amide bonds. The molecular weight excluding hydrogens is 362 g/mol. The van der Waals surface area contributed by atoms with E-state index in [0.29, 0.717) is 22.2 Å². The highest BCUT2D eigenvalue weighted by Gasteiger charge is 2.13. The number of aromatic amines is 1. The molecule has 0 aliphatic heterocycles. The van der Waals surface area contributed by atoms with Gasteiger partial charge in [0.25, 0.3) is 5.91 Å². The molecule has 2 heterocycles. The monoisotopic (exact) mass is 376 g/mol. The standard InChI is InChI=1S/C21H14F2N4O/c22-15-4-1-13(2-5-15)3-6-18-16-11-20(17(23)12-19(16)27-26-18)25-21(28)14-7-9-24-10-8-14/h1-12H,(H,25,28)(H,26,27)/b6-3+. The number of pyridine rings is 1. The van der Waals surface area contributed by atoms with Crippen molar-refractivity contribution in [2.45, 2.75) is 0 Å². The van der Waals surface area contributed by atoms with E-state index in [1.165, 1.54) is 36.7 Å². The van der Waals surface area contributed by atoms with Gasteiger partial charge in [-0.15, -0.1) is 0 Å². The summed E-state index contributed by atoms with van der Waals surface area (Å²) in [5.41, 5.74) is 2.29. The molecule has 28 heavy (non-hydrogen) atoms. The van der Waals surface area contributed by atoms with Crippen LogP contribution in [0.25, 0.3) is 23.1 Å². The minimum Gasteiger partial charge on any atom is -0.319 e. The molecule has 0 aliphatic carbocycles. The van der Waals surface area contributed by atoms with Gasteiger partial charge in [0.15, 0.2) is 0 Å². The third kappa shape index (κ3) is 3.64. The Morgan fingerprint density at radius 1 is 1.00 bits per heavy atom. The lowest BCUT2D eigenvalue weighted by Crippen LogP contribution is -2.12. The number of rotatable bonds is 4. The molecule has 5 nitrogen and oxygen atoms in total. The second-order valence-electron chi connectivity index (χ2n) is 6.06. The average Bonchev–Trinajstić information content (AvgIpc) is 3.10. The van der Waals surface area contributed by atoms with E-state index in [1.54, 1.807) is 36.4 Å². The van der Waals surface area contributed by atoms with E-state index >= 15 is 0 Å². The Morgan fingerprint density at radius 3 is 2.50 bits per heavy atom. The topological polar surface area (TPSA) is 70.7 Å². The maximum Gasteiger partial charge on any atom is 0.255 e. The zero-order valence-corrected chi connectivity index (χ0v) is 14.5. The number of nitrogens with one attached hydrogen (secondary N) is 2. The molecule has 4 aromatic rings. The zero-order chi connectivity index (χ0) is 19.5. The van der Waals surface area contributed by atoms with Crippen molar-refractivity contribution in [1.29, 1.82) is 0 Å². The van der Waals surface area contributed by atoms with Crippen molar-refractivity contribution in [1.82, 2.24) is 15.2 Å². The molecule has 0 saturated heterocycles. The lowest BCUT2D eigenvalue weighted by molar-refractivity contribution is 0.102. The number of amides is 1. The first-order valence-electron chi connectivity index (χ1n) is 8.43. The maximum atomic E-state index is 14.4. The predicted octanol–water partition coefficient (Wildman–Crippen LogP) is 4.66. The van der Waals surface area contributed by atoms with Crippen LogP contribution in [-0.4, -0.2) is 21.1 Å². The number of aromatic nitrogens is 3. The average molecular weight is 376 g/mol. The van der Waals surface area contributed by atoms with E-state index < -0.39 is 11.7 Å². The van der Waals surface area contributed by atoms with Gasteiger partial charge in [0.1, 0.15) is 11.6 Å². The highest BCUT2D eigenvalue weighted by Crippen LogP contribution is 2.25. The van der Waals surface area contributed by atoms with Crippen molar-refractivity contribution in [2.75, 3.05) is 5.32 Å². The summed E-state index contributed by atoms with van der Waals surface area (Å²) in [7, 11) is 0. The van der Waals surface area contributed by atoms with Gasteiger partial charge in [0.2, 0.25) is 0 Å². The SMILES string of the molecule is O=C(Nc1cc2c(/C=C/c3ccc(F)cc3)n[nH]c2cc1F)c1ccncc1. The van der Waals surface area contributed by atoms with E-state index in [4.69, 9.17) is 0 Å². The number of anilines is 1. The molecule has 0 aliphatic rings. The molecule has 138 valence electrons. The van der Waals surface area contributed by atoms with Crippen LogP contribution in [0.2, 0.25) is 0 Å². The van der Waals surface area contributed by atoms with E-state index in [9.17, 15) is 13.6 Å². The molecule has 2 aromatic carbocycles. The number of fused-ring (bicyclic) bond motifs is 1. The smallest absolute Gasteiger partial charge is 0.255 e. The molecular formula is C21H14F2N4O. The first kappa shape index (κ1) is 17.5. The van der Waals surface area contributed by atoms with Crippen LogP contribution >= 0.6 is 0 Å². The molecule has 0 spiro atoms. The lowest BCUT2D eigenvalue weighted by atomic mass is 10.1. The Bertz CT molecular complexity index is 1170. The van der Waals surface area contributed by atoms with Crippen LogP contribution in [0.5, 0.6) is 0 Å². The number of benzene rings is 2. The summed E-state index contributed by atoms with van der Waals surface area (Å²) in [5.74, 6) is -1.33. The number of carbonyl (C=O) groups is 1. The molecule has 0 atom stereocenters. The van der Waals surface area contributed by atoms with Crippen LogP contribution in [0.3, 0.4) is 0 Å². The van der Waals surface area contributed by atoms with Crippen molar-refractivity contribution in [3.63, 3.8) is 0 Å². The van der Waals surface area contributed by atoms with Crippen LogP contribution < -0.4 is 5.32 Å². The zero-order valence-electron chi connectivity index (χ0n) is 14.5. The summed E-state index contributed by atoms with van der Waals surface area (Å²) in [6.45, 7) is 0. The van der Waals surface area contributed by atoms with Crippen LogP contribution in [0.15, 0.2) is 60.9 Å². The number of H-pyrrole nitrogens is 1. The summed E-state index contributed by atoms with van der Waals surface area (Å²) in [6.07, 6.45) is 6.48. The summed E-state index contributed by atoms with van der Waals surface area (Å²) in [5, 5.41) is 10.1. The minimum atomic E-state index is -0.576. The van der Waals surface area contributed by atoms with Gasteiger partial charge < -0.3 is 5.32 Å². The fourth-order valence-corrected chi connectivity index (χ4v) is 2.73. The summed E-state index contributed by atoms with van der Waals surface area (Å²) >= 11 is 0. The van der Waals surface area contributed by atoms with Crippen LogP contribution in [-0.2, 0) is 0 Å². The van der Waals surface area contributed by atoms with Crippen molar-refractivity contribution in [3.8, 4) is 0 Å². The van der Waals surface area contributed by atoms with Gasteiger partial charge in [0, 0.05) is 29.4 Å². The summed E-state index contributed by atoms with van der Waals surface area (Å²) in [4.78, 5) is 16.1. The number of halogens is 2. The van der Waals surface area contributed by atoms with Crippen molar-refractivity contribution < 1.29 is 13.6 Å². The molecule has 2 aromatic heterocycles. The van der Waals surface area contributed by atoms with E-state index in [-0.39, 0.29) is 11.5 Å². The second kappa shape index (κ2) is 7.40. The van der Waals surface area contributed by atoms with Gasteiger partial charge in [-0.3, -0.25) is 14.9 Å². The third-order valence-corrected chi connectivity index (χ3v) is 4.17. The molecule has 7 heteroatoms. The van der Waals surface area contributed by atoms with Gasteiger partial charge in [0.05, 0.1) is 16.9 Å². The molecule has 2 N–H and O–H groups in total. The molecule has 0 unspecified atom stereocenters. The van der Waals surface area contributed by atoms with Crippen molar-refractivity contribution in [3.05, 3.63) is 89.4 Å². The fraction of sp³-hybridized carbons (Fsp3) is 0. The minimum absolute atomic E-state index is 0.0483. The van der Waals surface area contributed by atoms with Gasteiger partial charge in [-0.05, 0) is 42.0 Å². The third-order valence-electron chi connectivity index (χ3n) is 4.17.